The molecule has 3 heterocycles. The number of rotatable bonds is 7. The molecule has 0 bridgehead atoms. The summed E-state index contributed by atoms with van der Waals surface area (Å²) in [7, 11) is 3.79. The highest BCUT2D eigenvalue weighted by Crippen LogP contribution is 2.47. The van der Waals surface area contributed by atoms with Crippen LogP contribution < -0.4 is 9.46 Å². The molecule has 45 heavy (non-hydrogen) atoms. The number of nitrogens with zero attached hydrogens (tertiary/aromatic N) is 6. The van der Waals surface area contributed by atoms with E-state index in [0.29, 0.717) is 18.9 Å². The van der Waals surface area contributed by atoms with Crippen LogP contribution >= 0.6 is 0 Å². The van der Waals surface area contributed by atoms with E-state index in [1.54, 1.807) is 39.7 Å². The molecule has 4 aromatic rings. The summed E-state index contributed by atoms with van der Waals surface area (Å²) in [5.41, 5.74) is 5.56. The van der Waals surface area contributed by atoms with Gasteiger partial charge in [-0.3, -0.25) is 9.59 Å². The van der Waals surface area contributed by atoms with Crippen LogP contribution in [0.25, 0.3) is 22.2 Å². The van der Waals surface area contributed by atoms with Crippen LogP contribution in [0.4, 0.5) is 0 Å². The Kier molecular flexibility index (Phi) is 8.16. The van der Waals surface area contributed by atoms with Crippen molar-refractivity contribution in [2.75, 3.05) is 35.3 Å². The Balaban J connectivity index is 1.59. The number of fused-ring (bicyclic) bond motifs is 5. The van der Waals surface area contributed by atoms with Crippen LogP contribution in [-0.2, 0) is 23.2 Å². The first-order valence-corrected chi connectivity index (χ1v) is 16.6. The van der Waals surface area contributed by atoms with Gasteiger partial charge < -0.3 is 18.8 Å². The van der Waals surface area contributed by atoms with Gasteiger partial charge in [-0.1, -0.05) is 25.3 Å². The number of hydrogen-bond acceptors (Lipinski definition) is 7. The maximum atomic E-state index is 13.3. The minimum Gasteiger partial charge on any atom is -0.497 e. The molecule has 1 unspecified atom stereocenters. The number of benzene rings is 2. The van der Waals surface area contributed by atoms with Gasteiger partial charge in [0.05, 0.1) is 18.8 Å². The quantitative estimate of drug-likeness (QED) is 0.326. The summed E-state index contributed by atoms with van der Waals surface area (Å²) in [5, 5.41) is 9.35. The van der Waals surface area contributed by atoms with Gasteiger partial charge in [-0.15, -0.1) is 10.2 Å². The van der Waals surface area contributed by atoms with Crippen molar-refractivity contribution in [3.05, 3.63) is 65.2 Å². The zero-order valence-electron chi connectivity index (χ0n) is 26.3. The Morgan fingerprint density at radius 3 is 2.47 bits per heavy atom. The highest BCUT2D eigenvalue weighted by Gasteiger charge is 2.33. The van der Waals surface area contributed by atoms with Crippen LogP contribution in [0.1, 0.15) is 76.2 Å². The van der Waals surface area contributed by atoms with Crippen LogP contribution in [0.2, 0.25) is 0 Å². The average molecular weight is 634 g/mol. The summed E-state index contributed by atoms with van der Waals surface area (Å²) in [6, 6.07) is 11.3. The fraction of sp³-hybridized carbons (Fsp3) is 0.438. The lowest BCUT2D eigenvalue weighted by Crippen LogP contribution is -2.39. The number of amides is 2. The molecule has 2 aromatic carbocycles. The molecule has 13 heteroatoms. The van der Waals surface area contributed by atoms with Crippen molar-refractivity contribution < 1.29 is 22.7 Å². The van der Waals surface area contributed by atoms with Crippen molar-refractivity contribution in [1.29, 1.82) is 0 Å². The number of hydrogen-bond donors (Lipinski definition) is 1. The normalized spacial score (nSPS) is 17.1. The predicted octanol–water partition coefficient (Wildman–Crippen LogP) is 3.99. The molecule has 1 aliphatic heterocycles. The lowest BCUT2D eigenvalue weighted by Gasteiger charge is -2.24. The van der Waals surface area contributed by atoms with Crippen molar-refractivity contribution >= 4 is 32.9 Å². The standard InChI is InChI=1S/C32H39N7O5S/c1-36(2)32(41)30-34-33-19-39(30)23-15-22-16-24(44-5)12-14-25(22)29-28(20-9-7-6-8-10-20)26-13-11-21(17-27(26)38(29)18-23)31(40)35-45(42,43)37(3)4/h11-14,16-17,19-20,23H,6-10,15,18H2,1-5H3,(H,35,40). The second-order valence-corrected chi connectivity index (χ2v) is 14.2. The summed E-state index contributed by atoms with van der Waals surface area (Å²) in [6.07, 6.45) is 7.83. The molecule has 0 radical (unpaired) electrons. The van der Waals surface area contributed by atoms with Gasteiger partial charge in [-0.25, -0.2) is 4.72 Å². The van der Waals surface area contributed by atoms with E-state index in [-0.39, 0.29) is 23.3 Å². The van der Waals surface area contributed by atoms with Gasteiger partial charge in [0.15, 0.2) is 0 Å². The minimum absolute atomic E-state index is 0.243. The van der Waals surface area contributed by atoms with E-state index in [9.17, 15) is 18.0 Å². The summed E-state index contributed by atoms with van der Waals surface area (Å²) < 4.78 is 37.8. The molecule has 12 nitrogen and oxygen atoms in total. The van der Waals surface area contributed by atoms with Crippen LogP contribution in [0.5, 0.6) is 5.75 Å². The first kappa shape index (κ1) is 30.8. The number of ether oxygens (including phenoxy) is 1. The molecule has 1 saturated carbocycles. The first-order valence-electron chi connectivity index (χ1n) is 15.2. The van der Waals surface area contributed by atoms with E-state index in [0.717, 1.165) is 63.5 Å². The van der Waals surface area contributed by atoms with Gasteiger partial charge in [0, 0.05) is 56.8 Å². The molecule has 6 rings (SSSR count). The van der Waals surface area contributed by atoms with Gasteiger partial charge in [-0.05, 0) is 66.6 Å². The summed E-state index contributed by atoms with van der Waals surface area (Å²) >= 11 is 0. The van der Waals surface area contributed by atoms with Crippen molar-refractivity contribution in [2.24, 2.45) is 0 Å². The maximum Gasteiger partial charge on any atom is 0.303 e. The van der Waals surface area contributed by atoms with Crippen LogP contribution in [0.3, 0.4) is 0 Å². The highest BCUT2D eigenvalue weighted by molar-refractivity contribution is 7.87. The van der Waals surface area contributed by atoms with E-state index in [2.05, 4.69) is 31.6 Å². The molecular weight excluding hydrogens is 594 g/mol. The fourth-order valence-electron chi connectivity index (χ4n) is 6.74. The molecule has 0 saturated heterocycles. The van der Waals surface area contributed by atoms with Gasteiger partial charge in [0.25, 0.3) is 11.8 Å². The smallest absolute Gasteiger partial charge is 0.303 e. The summed E-state index contributed by atoms with van der Waals surface area (Å²) in [5.74, 6) is 0.373. The van der Waals surface area contributed by atoms with Gasteiger partial charge in [0.2, 0.25) is 5.82 Å². The molecule has 0 spiro atoms. The molecule has 238 valence electrons. The number of methoxy groups -OCH3 is 1. The Labute approximate surface area is 263 Å². The largest absolute Gasteiger partial charge is 0.497 e. The SMILES string of the molecule is COc1ccc2c(c1)CC(n1cnnc1C(=O)N(C)C)Cn1c-2c(C2CCCCC2)c2ccc(C(=O)NS(=O)(=O)N(C)C)cc21. The molecule has 2 amide bonds. The van der Waals surface area contributed by atoms with Crippen LogP contribution in [-0.4, -0.2) is 84.1 Å². The molecule has 1 N–H and O–H groups in total. The Morgan fingerprint density at radius 1 is 1.02 bits per heavy atom. The zero-order chi connectivity index (χ0) is 32.0. The zero-order valence-corrected chi connectivity index (χ0v) is 27.1. The molecule has 1 aliphatic carbocycles. The van der Waals surface area contributed by atoms with Crippen molar-refractivity contribution in [3.8, 4) is 17.0 Å². The summed E-state index contributed by atoms with van der Waals surface area (Å²) in [6.45, 7) is 0.475. The fourth-order valence-corrected chi connectivity index (χ4v) is 7.28. The maximum absolute atomic E-state index is 13.3. The second-order valence-electron chi connectivity index (χ2n) is 12.3. The van der Waals surface area contributed by atoms with Crippen molar-refractivity contribution in [3.63, 3.8) is 0 Å². The Bertz CT molecular complexity index is 1890. The van der Waals surface area contributed by atoms with E-state index in [4.69, 9.17) is 4.74 Å². The molecule has 2 aromatic heterocycles. The third-order valence-electron chi connectivity index (χ3n) is 9.06. The molecule has 2 aliphatic rings. The molecule has 1 fully saturated rings. The second kappa shape index (κ2) is 11.9. The number of carbonyl (C=O) groups excluding carboxylic acids is 2. The van der Waals surface area contributed by atoms with Crippen LogP contribution in [0, 0.1) is 0 Å². The van der Waals surface area contributed by atoms with Gasteiger partial charge in [-0.2, -0.15) is 12.7 Å². The lowest BCUT2D eigenvalue weighted by atomic mass is 9.81. The van der Waals surface area contributed by atoms with E-state index >= 15 is 0 Å². The van der Waals surface area contributed by atoms with Crippen LogP contribution in [0.15, 0.2) is 42.7 Å². The predicted molar refractivity (Wildman–Crippen MR) is 171 cm³/mol. The third kappa shape index (κ3) is 5.59. The molecular formula is C32H39N7O5S. The Morgan fingerprint density at radius 2 is 1.78 bits per heavy atom. The highest BCUT2D eigenvalue weighted by atomic mass is 32.2. The number of nitrogens with one attached hydrogen (secondary N) is 1. The first-order chi connectivity index (χ1) is 21.5. The summed E-state index contributed by atoms with van der Waals surface area (Å²) in [4.78, 5) is 27.9. The average Bonchev–Trinajstić information content (AvgIpc) is 3.59. The minimum atomic E-state index is -3.98. The van der Waals surface area contributed by atoms with E-state index < -0.39 is 16.1 Å². The van der Waals surface area contributed by atoms with E-state index in [1.165, 1.54) is 31.0 Å². The lowest BCUT2D eigenvalue weighted by molar-refractivity contribution is 0.0807. The van der Waals surface area contributed by atoms with Crippen molar-refractivity contribution in [1.82, 2.24) is 33.3 Å². The monoisotopic (exact) mass is 633 g/mol. The van der Waals surface area contributed by atoms with E-state index in [1.807, 2.05) is 16.7 Å². The Hall–Kier alpha value is -4.23. The topological polar surface area (TPSA) is 132 Å². The number of aromatic nitrogens is 4. The molecule has 1 atom stereocenters. The van der Waals surface area contributed by atoms with Crippen molar-refractivity contribution in [2.45, 2.75) is 57.0 Å². The number of carbonyl (C=O) groups is 2. The van der Waals surface area contributed by atoms with Gasteiger partial charge >= 0.3 is 10.2 Å². The van der Waals surface area contributed by atoms with Gasteiger partial charge in [0.1, 0.15) is 12.1 Å². The third-order valence-corrected chi connectivity index (χ3v) is 10.5.